The molecule has 1 N–H and O–H groups in total. The molecule has 1 aliphatic rings. The van der Waals surface area contributed by atoms with E-state index in [9.17, 15) is 0 Å². The maximum absolute atomic E-state index is 5.60. The molecule has 1 aliphatic heterocycles. The van der Waals surface area contributed by atoms with Gasteiger partial charge in [-0.3, -0.25) is 5.43 Å². The number of rotatable bonds is 4. The van der Waals surface area contributed by atoms with E-state index < -0.39 is 0 Å². The number of nitrogens with one attached hydrogen (secondary N) is 1. The number of benzene rings is 2. The predicted molar refractivity (Wildman–Crippen MR) is 117 cm³/mol. The number of aromatic nitrogens is 1. The van der Waals surface area contributed by atoms with Crippen molar-refractivity contribution in [1.29, 1.82) is 0 Å². The van der Waals surface area contributed by atoms with E-state index >= 15 is 0 Å². The Morgan fingerprint density at radius 1 is 1.07 bits per heavy atom. The van der Waals surface area contributed by atoms with E-state index in [0.717, 1.165) is 40.5 Å². The molecule has 1 unspecified atom stereocenters. The number of hydrazine groups is 1. The Bertz CT molecular complexity index is 1020. The molecule has 0 fully saturated rings. The van der Waals surface area contributed by atoms with Gasteiger partial charge >= 0.3 is 0 Å². The number of methoxy groups -OCH3 is 2. The molecule has 6 heteroatoms. The van der Waals surface area contributed by atoms with E-state index in [1.165, 1.54) is 16.7 Å². The van der Waals surface area contributed by atoms with Crippen molar-refractivity contribution in [2.45, 2.75) is 39.3 Å². The molecule has 6 nitrogen and oxygen atoms in total. The average Bonchev–Trinajstić information content (AvgIpc) is 3.00. The van der Waals surface area contributed by atoms with Crippen molar-refractivity contribution >= 4 is 0 Å². The average molecular weight is 408 g/mol. The molecule has 0 spiro atoms. The molecule has 158 valence electrons. The van der Waals surface area contributed by atoms with Gasteiger partial charge in [-0.15, -0.1) is 0 Å². The van der Waals surface area contributed by atoms with Crippen LogP contribution in [0.5, 0.6) is 11.5 Å². The zero-order valence-electron chi connectivity index (χ0n) is 18.4. The SMILES string of the molecule is COc1cc2c(cc1OC)C(c1ccc(-c3c(C)noc3C)cc1)N(C)N[C@@H](C)C2. The number of nitrogens with zero attached hydrogens (tertiary/aromatic N) is 2. The summed E-state index contributed by atoms with van der Waals surface area (Å²) in [4.78, 5) is 0. The summed E-state index contributed by atoms with van der Waals surface area (Å²) < 4.78 is 16.5. The summed E-state index contributed by atoms with van der Waals surface area (Å²) in [5.41, 5.74) is 10.4. The van der Waals surface area contributed by atoms with Crippen molar-refractivity contribution in [3.63, 3.8) is 0 Å². The van der Waals surface area contributed by atoms with E-state index in [2.05, 4.69) is 66.0 Å². The molecular formula is C24H29N3O3. The van der Waals surface area contributed by atoms with Crippen molar-refractivity contribution in [1.82, 2.24) is 15.6 Å². The van der Waals surface area contributed by atoms with Gasteiger partial charge in [-0.25, -0.2) is 5.01 Å². The molecule has 4 rings (SSSR count). The number of hydrogen-bond donors (Lipinski definition) is 1. The fourth-order valence-electron chi connectivity index (χ4n) is 4.50. The van der Waals surface area contributed by atoms with Crippen LogP contribution >= 0.6 is 0 Å². The molecule has 0 aliphatic carbocycles. The van der Waals surface area contributed by atoms with Crippen LogP contribution in [0.2, 0.25) is 0 Å². The van der Waals surface area contributed by atoms with Gasteiger partial charge in [0.05, 0.1) is 26.0 Å². The van der Waals surface area contributed by atoms with Crippen molar-refractivity contribution in [2.75, 3.05) is 21.3 Å². The second-order valence-electron chi connectivity index (χ2n) is 7.97. The first kappa shape index (κ1) is 20.4. The quantitative estimate of drug-likeness (QED) is 0.690. The van der Waals surface area contributed by atoms with Crippen LogP contribution in [0.25, 0.3) is 11.1 Å². The van der Waals surface area contributed by atoms with Gasteiger partial charge in [0.1, 0.15) is 5.76 Å². The third-order valence-corrected chi connectivity index (χ3v) is 5.83. The Morgan fingerprint density at radius 2 is 1.73 bits per heavy atom. The highest BCUT2D eigenvalue weighted by Crippen LogP contribution is 2.39. The smallest absolute Gasteiger partial charge is 0.161 e. The van der Waals surface area contributed by atoms with Crippen LogP contribution in [0, 0.1) is 13.8 Å². The molecule has 2 aromatic carbocycles. The minimum Gasteiger partial charge on any atom is -0.493 e. The maximum Gasteiger partial charge on any atom is 0.161 e. The summed E-state index contributed by atoms with van der Waals surface area (Å²) in [5, 5.41) is 6.27. The Labute approximate surface area is 177 Å². The molecule has 30 heavy (non-hydrogen) atoms. The van der Waals surface area contributed by atoms with Gasteiger partial charge in [0.2, 0.25) is 0 Å². The lowest BCUT2D eigenvalue weighted by Crippen LogP contribution is -2.42. The number of aryl methyl sites for hydroxylation is 2. The fraction of sp³-hybridized carbons (Fsp3) is 0.375. The Balaban J connectivity index is 1.80. The Morgan fingerprint density at radius 3 is 2.33 bits per heavy atom. The van der Waals surface area contributed by atoms with Crippen molar-refractivity contribution in [2.24, 2.45) is 0 Å². The molecule has 2 atom stereocenters. The zero-order valence-corrected chi connectivity index (χ0v) is 18.4. The van der Waals surface area contributed by atoms with Gasteiger partial charge in [-0.05, 0) is 61.6 Å². The minimum absolute atomic E-state index is 0.0449. The van der Waals surface area contributed by atoms with Crippen molar-refractivity contribution in [3.05, 3.63) is 64.5 Å². The van der Waals surface area contributed by atoms with Gasteiger partial charge in [0, 0.05) is 18.7 Å². The summed E-state index contributed by atoms with van der Waals surface area (Å²) in [5.74, 6) is 2.35. The van der Waals surface area contributed by atoms with E-state index in [-0.39, 0.29) is 6.04 Å². The molecule has 1 aromatic heterocycles. The van der Waals surface area contributed by atoms with Crippen LogP contribution < -0.4 is 14.9 Å². The van der Waals surface area contributed by atoms with Gasteiger partial charge in [0.15, 0.2) is 11.5 Å². The standard InChI is InChI=1S/C24H29N3O3/c1-14-11-19-12-21(28-5)22(29-6)13-20(19)24(27(4)25-14)18-9-7-17(8-10-18)23-15(2)26-30-16(23)3/h7-10,12-14,24-25H,11H2,1-6H3/t14-,24?/m0/s1. The first-order chi connectivity index (χ1) is 14.4. The normalized spacial score (nSPS) is 19.3. The lowest BCUT2D eigenvalue weighted by Gasteiger charge is -2.29. The summed E-state index contributed by atoms with van der Waals surface area (Å²) in [6, 6.07) is 13.2. The largest absolute Gasteiger partial charge is 0.493 e. The zero-order chi connectivity index (χ0) is 21.4. The van der Waals surface area contributed by atoms with E-state index in [4.69, 9.17) is 14.0 Å². The number of ether oxygens (including phenoxy) is 2. The molecule has 0 saturated carbocycles. The summed E-state index contributed by atoms with van der Waals surface area (Å²) in [6.07, 6.45) is 0.910. The van der Waals surface area contributed by atoms with E-state index in [0.29, 0.717) is 6.04 Å². The molecule has 0 saturated heterocycles. The monoisotopic (exact) mass is 407 g/mol. The molecular weight excluding hydrogens is 378 g/mol. The second kappa shape index (κ2) is 8.13. The molecule has 0 bridgehead atoms. The molecule has 2 heterocycles. The third-order valence-electron chi connectivity index (χ3n) is 5.83. The van der Waals surface area contributed by atoms with E-state index in [1.807, 2.05) is 13.8 Å². The molecule has 0 amide bonds. The van der Waals surface area contributed by atoms with Crippen LogP contribution in [-0.4, -0.2) is 37.5 Å². The second-order valence-corrected chi connectivity index (χ2v) is 7.97. The van der Waals surface area contributed by atoms with Crippen molar-refractivity contribution < 1.29 is 14.0 Å². The summed E-state index contributed by atoms with van der Waals surface area (Å²) in [6.45, 7) is 6.11. The Hall–Kier alpha value is -2.83. The fourth-order valence-corrected chi connectivity index (χ4v) is 4.50. The highest BCUT2D eigenvalue weighted by molar-refractivity contribution is 5.68. The van der Waals surface area contributed by atoms with Gasteiger partial charge in [0.25, 0.3) is 0 Å². The van der Waals surface area contributed by atoms with E-state index in [1.54, 1.807) is 14.2 Å². The first-order valence-electron chi connectivity index (χ1n) is 10.2. The van der Waals surface area contributed by atoms with Gasteiger partial charge in [-0.1, -0.05) is 29.4 Å². The number of hydrogen-bond acceptors (Lipinski definition) is 6. The molecule has 3 aromatic rings. The van der Waals surface area contributed by atoms with Crippen LogP contribution in [0.15, 0.2) is 40.9 Å². The first-order valence-corrected chi connectivity index (χ1v) is 10.2. The molecule has 0 radical (unpaired) electrons. The lowest BCUT2D eigenvalue weighted by molar-refractivity contribution is 0.172. The van der Waals surface area contributed by atoms with Crippen LogP contribution in [-0.2, 0) is 6.42 Å². The lowest BCUT2D eigenvalue weighted by atomic mass is 9.91. The van der Waals surface area contributed by atoms with Crippen molar-refractivity contribution in [3.8, 4) is 22.6 Å². The van der Waals surface area contributed by atoms with Gasteiger partial charge < -0.3 is 14.0 Å². The maximum atomic E-state index is 5.60. The van der Waals surface area contributed by atoms with Crippen LogP contribution in [0.3, 0.4) is 0 Å². The predicted octanol–water partition coefficient (Wildman–Crippen LogP) is 4.45. The van der Waals surface area contributed by atoms with Crippen LogP contribution in [0.4, 0.5) is 0 Å². The summed E-state index contributed by atoms with van der Waals surface area (Å²) >= 11 is 0. The minimum atomic E-state index is 0.0449. The highest BCUT2D eigenvalue weighted by atomic mass is 16.5. The number of fused-ring (bicyclic) bond motifs is 1. The third kappa shape index (κ3) is 3.57. The van der Waals surface area contributed by atoms with Gasteiger partial charge in [-0.2, -0.15) is 0 Å². The Kier molecular flexibility index (Phi) is 5.54. The van der Waals surface area contributed by atoms with Crippen LogP contribution in [0.1, 0.15) is 41.1 Å². The highest BCUT2D eigenvalue weighted by Gasteiger charge is 2.29. The topological polar surface area (TPSA) is 59.8 Å². The summed E-state index contributed by atoms with van der Waals surface area (Å²) in [7, 11) is 5.45.